The SMILES string of the molecule is c1ccc2c(c1)-c1c(-c3c4cccc(-c5cccc6c5sc5ccccc56)c4cc4c(-c5cccc6c5sc5ccccc56)cccc34)cccc1C21c2ccccc2-c2c1ccc1ccccc21. The third-order valence-electron chi connectivity index (χ3n) is 15.7. The summed E-state index contributed by atoms with van der Waals surface area (Å²) in [6, 6.07) is 87.6. The molecule has 14 aromatic rings. The van der Waals surface area contributed by atoms with Crippen molar-refractivity contribution in [3.8, 4) is 55.6 Å². The van der Waals surface area contributed by atoms with Crippen LogP contribution in [0.4, 0.5) is 0 Å². The van der Waals surface area contributed by atoms with Crippen LogP contribution in [0.25, 0.3) is 128 Å². The summed E-state index contributed by atoms with van der Waals surface area (Å²) in [6.07, 6.45) is 0. The predicted molar refractivity (Wildman–Crippen MR) is 297 cm³/mol. The molecule has 0 aliphatic heterocycles. The van der Waals surface area contributed by atoms with Crippen LogP contribution in [0, 0.1) is 0 Å². The van der Waals surface area contributed by atoms with Gasteiger partial charge in [-0.2, -0.15) is 0 Å². The average molecular weight is 907 g/mol. The minimum atomic E-state index is -0.484. The number of thiophene rings is 2. The van der Waals surface area contributed by atoms with E-state index in [9.17, 15) is 0 Å². The van der Waals surface area contributed by atoms with Crippen molar-refractivity contribution >= 4 is 95.3 Å². The molecule has 1 atom stereocenters. The minimum absolute atomic E-state index is 0.484. The molecule has 2 aromatic heterocycles. The second-order valence-corrected chi connectivity index (χ2v) is 21.0. The number of hydrogen-bond acceptors (Lipinski definition) is 2. The molecule has 2 heterocycles. The molecule has 0 saturated carbocycles. The van der Waals surface area contributed by atoms with Crippen LogP contribution in [0.15, 0.2) is 231 Å². The molecule has 2 aliphatic carbocycles. The van der Waals surface area contributed by atoms with Gasteiger partial charge in [0.05, 0.1) is 5.41 Å². The number of fused-ring (bicyclic) bond motifs is 20. The van der Waals surface area contributed by atoms with E-state index in [0.29, 0.717) is 0 Å². The summed E-state index contributed by atoms with van der Waals surface area (Å²) in [5.74, 6) is 0. The van der Waals surface area contributed by atoms with Crippen LogP contribution in [0.1, 0.15) is 22.3 Å². The molecule has 2 aliphatic rings. The maximum atomic E-state index is 2.53. The van der Waals surface area contributed by atoms with Gasteiger partial charge >= 0.3 is 0 Å². The van der Waals surface area contributed by atoms with Gasteiger partial charge in [-0.15, -0.1) is 22.7 Å². The quantitative estimate of drug-likeness (QED) is 0.155. The largest absolute Gasteiger partial charge is 0.135 e. The van der Waals surface area contributed by atoms with Gasteiger partial charge in [0.25, 0.3) is 0 Å². The zero-order valence-electron chi connectivity index (χ0n) is 37.3. The van der Waals surface area contributed by atoms with Gasteiger partial charge in [-0.05, 0) is 117 Å². The van der Waals surface area contributed by atoms with Gasteiger partial charge in [0.1, 0.15) is 0 Å². The van der Waals surface area contributed by atoms with Crippen LogP contribution in [-0.4, -0.2) is 0 Å². The van der Waals surface area contributed by atoms with E-state index in [2.05, 4.69) is 231 Å². The highest BCUT2D eigenvalue weighted by Crippen LogP contribution is 2.65. The van der Waals surface area contributed by atoms with E-state index in [1.54, 1.807) is 0 Å². The summed E-state index contributed by atoms with van der Waals surface area (Å²) in [7, 11) is 0. The number of rotatable bonds is 3. The lowest BCUT2D eigenvalue weighted by Crippen LogP contribution is -2.25. The van der Waals surface area contributed by atoms with E-state index in [-0.39, 0.29) is 0 Å². The first-order chi connectivity index (χ1) is 34.3. The smallest absolute Gasteiger partial charge is 0.0725 e. The van der Waals surface area contributed by atoms with Gasteiger partial charge in [-0.1, -0.05) is 212 Å². The molecule has 318 valence electrons. The van der Waals surface area contributed by atoms with Crippen molar-refractivity contribution in [1.29, 1.82) is 0 Å². The Morgan fingerprint density at radius 1 is 0.232 bits per heavy atom. The van der Waals surface area contributed by atoms with Gasteiger partial charge in [-0.25, -0.2) is 0 Å². The fourth-order valence-electron chi connectivity index (χ4n) is 13.0. The van der Waals surface area contributed by atoms with Crippen molar-refractivity contribution in [2.24, 2.45) is 0 Å². The summed E-state index contributed by atoms with van der Waals surface area (Å²) in [5.41, 5.74) is 17.9. The molecule has 0 bridgehead atoms. The number of hydrogen-bond donors (Lipinski definition) is 0. The molecule has 0 fully saturated rings. The molecule has 0 amide bonds. The Kier molecular flexibility index (Phi) is 7.67. The van der Waals surface area contributed by atoms with Crippen LogP contribution < -0.4 is 0 Å². The monoisotopic (exact) mass is 906 g/mol. The standard InChI is InChI=1S/C67H38S2/c1-2-17-40-39(16-1)36-37-59-63(40)51-20-3-7-31-56(51)67(59)57-32-8-4-21-52(57)64-53(30-15-33-58(64)67)62-45-24-11-22-41(47-26-13-28-49-43-18-5-9-34-60(43)68-65(47)49)54(45)38-55-42(23-12-25-46(55)62)48-27-14-29-50-44-19-6-10-35-61(44)69-66(48)50/h1-38H. The van der Waals surface area contributed by atoms with E-state index >= 15 is 0 Å². The maximum Gasteiger partial charge on any atom is 0.0725 e. The predicted octanol–water partition coefficient (Wildman–Crippen LogP) is 19.2. The summed E-state index contributed by atoms with van der Waals surface area (Å²) in [6.45, 7) is 0. The van der Waals surface area contributed by atoms with E-state index in [4.69, 9.17) is 0 Å². The highest BCUT2D eigenvalue weighted by atomic mass is 32.1. The Morgan fingerprint density at radius 3 is 1.28 bits per heavy atom. The summed E-state index contributed by atoms with van der Waals surface area (Å²) >= 11 is 3.82. The maximum absolute atomic E-state index is 2.53. The average Bonchev–Trinajstić information content (AvgIpc) is 4.16. The highest BCUT2D eigenvalue weighted by molar-refractivity contribution is 7.26. The van der Waals surface area contributed by atoms with Gasteiger partial charge in [-0.3, -0.25) is 0 Å². The first kappa shape index (κ1) is 37.9. The van der Waals surface area contributed by atoms with Crippen LogP contribution in [0.3, 0.4) is 0 Å². The first-order valence-corrected chi connectivity index (χ1v) is 25.5. The van der Waals surface area contributed by atoms with Crippen molar-refractivity contribution in [3.05, 3.63) is 253 Å². The highest BCUT2D eigenvalue weighted by Gasteiger charge is 2.52. The molecule has 69 heavy (non-hydrogen) atoms. The molecule has 2 heteroatoms. The summed E-state index contributed by atoms with van der Waals surface area (Å²) < 4.78 is 5.30. The van der Waals surface area contributed by atoms with Gasteiger partial charge in [0.15, 0.2) is 0 Å². The Morgan fingerprint density at radius 2 is 0.652 bits per heavy atom. The molecule has 0 radical (unpaired) electrons. The lowest BCUT2D eigenvalue weighted by atomic mass is 9.70. The third-order valence-corrected chi connectivity index (χ3v) is 18.1. The normalized spacial score (nSPS) is 14.7. The van der Waals surface area contributed by atoms with E-state index < -0.39 is 5.41 Å². The Balaban J connectivity index is 1.05. The van der Waals surface area contributed by atoms with Crippen molar-refractivity contribution in [1.82, 2.24) is 0 Å². The second kappa shape index (κ2) is 14.0. The molecule has 0 N–H and O–H groups in total. The second-order valence-electron chi connectivity index (χ2n) is 18.9. The molecule has 0 saturated heterocycles. The van der Waals surface area contributed by atoms with E-state index in [1.165, 1.54) is 151 Å². The first-order valence-electron chi connectivity index (χ1n) is 23.9. The zero-order chi connectivity index (χ0) is 45.0. The molecule has 12 aromatic carbocycles. The molecular formula is C67H38S2. The fourth-order valence-corrected chi connectivity index (χ4v) is 15.5. The van der Waals surface area contributed by atoms with Gasteiger partial charge < -0.3 is 0 Å². The van der Waals surface area contributed by atoms with Crippen molar-refractivity contribution < 1.29 is 0 Å². The summed E-state index contributed by atoms with van der Waals surface area (Å²) in [4.78, 5) is 0. The Hall–Kier alpha value is -8.14. The zero-order valence-corrected chi connectivity index (χ0v) is 38.9. The van der Waals surface area contributed by atoms with Crippen LogP contribution in [0.2, 0.25) is 0 Å². The Labute approximate surface area is 406 Å². The number of benzene rings is 12. The van der Waals surface area contributed by atoms with E-state index in [1.807, 2.05) is 22.7 Å². The minimum Gasteiger partial charge on any atom is -0.135 e. The van der Waals surface area contributed by atoms with Crippen molar-refractivity contribution in [3.63, 3.8) is 0 Å². The molecule has 1 unspecified atom stereocenters. The third kappa shape index (κ3) is 4.92. The van der Waals surface area contributed by atoms with Crippen molar-refractivity contribution in [2.75, 3.05) is 0 Å². The molecule has 16 rings (SSSR count). The fraction of sp³-hybridized carbons (Fsp3) is 0.0149. The van der Waals surface area contributed by atoms with Crippen molar-refractivity contribution in [2.45, 2.75) is 5.41 Å². The van der Waals surface area contributed by atoms with Crippen LogP contribution >= 0.6 is 22.7 Å². The van der Waals surface area contributed by atoms with Gasteiger partial charge in [0.2, 0.25) is 0 Å². The lowest BCUT2D eigenvalue weighted by molar-refractivity contribution is 0.794. The summed E-state index contributed by atoms with van der Waals surface area (Å²) in [5, 5.41) is 12.9. The molecular weight excluding hydrogens is 869 g/mol. The lowest BCUT2D eigenvalue weighted by Gasteiger charge is -2.30. The van der Waals surface area contributed by atoms with E-state index in [0.717, 1.165) is 0 Å². The van der Waals surface area contributed by atoms with Gasteiger partial charge in [0, 0.05) is 51.5 Å². The molecule has 0 nitrogen and oxygen atoms in total. The Bertz CT molecular complexity index is 4390. The van der Waals surface area contributed by atoms with Crippen LogP contribution in [-0.2, 0) is 5.41 Å². The topological polar surface area (TPSA) is 0 Å². The van der Waals surface area contributed by atoms with Crippen LogP contribution in [0.5, 0.6) is 0 Å². The molecule has 1 spiro atoms.